The van der Waals surface area contributed by atoms with E-state index in [1.807, 2.05) is 25.1 Å². The second-order valence-electron chi connectivity index (χ2n) is 8.21. The van der Waals surface area contributed by atoms with Gasteiger partial charge in [0.25, 0.3) is 11.6 Å². The fourth-order valence-corrected chi connectivity index (χ4v) is 3.98. The number of anilines is 1. The molecule has 0 aliphatic heterocycles. The molecule has 0 aliphatic rings. The first kappa shape index (κ1) is 23.4. The summed E-state index contributed by atoms with van der Waals surface area (Å²) in [5.41, 5.74) is 11.9. The number of carbonyl (C=O) groups excluding carboxylic acids is 1. The number of nitrogens with two attached hydrogens (primary N) is 1. The summed E-state index contributed by atoms with van der Waals surface area (Å²) in [6.45, 7) is 3.40. The average Bonchev–Trinajstić information content (AvgIpc) is 3.58. The van der Waals surface area contributed by atoms with Crippen LogP contribution in [0.2, 0.25) is 0 Å². The molecule has 1 amide bonds. The van der Waals surface area contributed by atoms with Crippen LogP contribution in [0.3, 0.4) is 0 Å². The van der Waals surface area contributed by atoms with Crippen molar-refractivity contribution in [2.75, 3.05) is 5.73 Å². The molecule has 0 aliphatic carbocycles. The molecule has 3 N–H and O–H groups in total. The van der Waals surface area contributed by atoms with Crippen molar-refractivity contribution in [1.82, 2.24) is 25.3 Å². The lowest BCUT2D eigenvalue weighted by Crippen LogP contribution is -2.23. The van der Waals surface area contributed by atoms with E-state index in [0.29, 0.717) is 39.5 Å². The van der Waals surface area contributed by atoms with E-state index in [2.05, 4.69) is 30.5 Å². The van der Waals surface area contributed by atoms with Crippen LogP contribution in [0.15, 0.2) is 62.7 Å². The van der Waals surface area contributed by atoms with Gasteiger partial charge >= 0.3 is 0 Å². The Morgan fingerprint density at radius 3 is 2.76 bits per heavy atom. The van der Waals surface area contributed by atoms with E-state index in [1.165, 1.54) is 12.3 Å². The van der Waals surface area contributed by atoms with E-state index in [-0.39, 0.29) is 23.7 Å². The van der Waals surface area contributed by atoms with Crippen molar-refractivity contribution in [2.24, 2.45) is 5.10 Å². The Morgan fingerprint density at radius 1 is 1.19 bits per heavy atom. The third kappa shape index (κ3) is 4.52. The van der Waals surface area contributed by atoms with Crippen LogP contribution in [0.5, 0.6) is 0 Å². The summed E-state index contributed by atoms with van der Waals surface area (Å²) in [6.07, 6.45) is 1.34. The first-order valence-corrected chi connectivity index (χ1v) is 11.0. The lowest BCUT2D eigenvalue weighted by atomic mass is 10.0. The molecule has 13 nitrogen and oxygen atoms in total. The molecule has 5 rings (SSSR count). The van der Waals surface area contributed by atoms with Crippen molar-refractivity contribution in [3.8, 4) is 22.8 Å². The maximum Gasteiger partial charge on any atom is 0.273 e. The predicted octanol–water partition coefficient (Wildman–Crippen LogP) is 3.60. The Balaban J connectivity index is 1.33. The minimum atomic E-state index is -0.438. The van der Waals surface area contributed by atoms with Crippen molar-refractivity contribution < 1.29 is 18.8 Å². The number of rotatable bonds is 7. The Labute approximate surface area is 208 Å². The van der Waals surface area contributed by atoms with Crippen LogP contribution in [-0.4, -0.2) is 36.9 Å². The summed E-state index contributed by atoms with van der Waals surface area (Å²) < 4.78 is 12.1. The van der Waals surface area contributed by atoms with Gasteiger partial charge in [0.15, 0.2) is 17.3 Å². The number of imidazole rings is 1. The number of amides is 1. The van der Waals surface area contributed by atoms with Crippen LogP contribution in [-0.2, 0) is 11.3 Å². The van der Waals surface area contributed by atoms with Gasteiger partial charge in [0.1, 0.15) is 18.1 Å². The summed E-state index contributed by atoms with van der Waals surface area (Å²) in [5.74, 6) is 0.748. The summed E-state index contributed by atoms with van der Waals surface area (Å²) in [5, 5.41) is 22.7. The maximum atomic E-state index is 12.7. The lowest BCUT2D eigenvalue weighted by Gasteiger charge is -2.06. The number of nitrogen functional groups attached to an aromatic ring is 1. The molecule has 3 aromatic heterocycles. The highest BCUT2D eigenvalue weighted by Gasteiger charge is 2.21. The first-order chi connectivity index (χ1) is 17.8. The number of aryl methyl sites for hydroxylation is 2. The molecular weight excluding hydrogens is 480 g/mol. The standard InChI is InChI=1S/C24H20N8O5/c1-13-9-14(2)19(32(34)35)10-16(13)20-8-7-15(36-20)11-26-28-21(33)12-31-18-6-4-3-5-17(18)27-24(31)22-23(25)30-37-29-22/h3-11H,12H2,1-2H3,(H2,25,30)(H,28,33)/b26-11-. The summed E-state index contributed by atoms with van der Waals surface area (Å²) in [6, 6.07) is 13.8. The molecule has 2 aromatic carbocycles. The number of hydrogen-bond acceptors (Lipinski definition) is 10. The number of aromatic nitrogens is 4. The smallest absolute Gasteiger partial charge is 0.273 e. The van der Waals surface area contributed by atoms with Gasteiger partial charge in [-0.1, -0.05) is 12.1 Å². The van der Waals surface area contributed by atoms with Crippen LogP contribution in [0, 0.1) is 24.0 Å². The Kier molecular flexibility index (Phi) is 5.93. The number of fused-ring (bicyclic) bond motifs is 1. The average molecular weight is 500 g/mol. The van der Waals surface area contributed by atoms with E-state index in [9.17, 15) is 14.9 Å². The van der Waals surface area contributed by atoms with Gasteiger partial charge in [-0.2, -0.15) is 5.10 Å². The fraction of sp³-hybridized carbons (Fsp3) is 0.125. The van der Waals surface area contributed by atoms with Crippen molar-refractivity contribution in [2.45, 2.75) is 20.4 Å². The highest BCUT2D eigenvalue weighted by Crippen LogP contribution is 2.31. The topological polar surface area (TPSA) is 180 Å². The number of hydrogen-bond donors (Lipinski definition) is 2. The SMILES string of the molecule is Cc1cc(C)c([N+](=O)[O-])cc1-c1ccc(/C=N\NC(=O)Cn2c(-c3nonc3N)nc3ccccc32)o1. The van der Waals surface area contributed by atoms with Crippen molar-refractivity contribution in [3.63, 3.8) is 0 Å². The van der Waals surface area contributed by atoms with E-state index < -0.39 is 10.8 Å². The zero-order valence-corrected chi connectivity index (χ0v) is 19.7. The number of para-hydroxylation sites is 2. The largest absolute Gasteiger partial charge is 0.455 e. The van der Waals surface area contributed by atoms with Crippen molar-refractivity contribution in [1.29, 1.82) is 0 Å². The number of furan rings is 1. The highest BCUT2D eigenvalue weighted by molar-refractivity contribution is 5.86. The molecular formula is C24H20N8O5. The number of nitro groups is 1. The van der Waals surface area contributed by atoms with Gasteiger partial charge in [0.2, 0.25) is 0 Å². The van der Waals surface area contributed by atoms with E-state index in [1.54, 1.807) is 35.8 Å². The Bertz CT molecular complexity index is 1680. The predicted molar refractivity (Wildman–Crippen MR) is 133 cm³/mol. The lowest BCUT2D eigenvalue weighted by molar-refractivity contribution is -0.385. The van der Waals surface area contributed by atoms with Gasteiger partial charge in [-0.05, 0) is 60.1 Å². The molecule has 0 saturated carbocycles. The van der Waals surface area contributed by atoms with Gasteiger partial charge in [0, 0.05) is 17.2 Å². The molecule has 186 valence electrons. The summed E-state index contributed by atoms with van der Waals surface area (Å²) in [7, 11) is 0. The third-order valence-electron chi connectivity index (χ3n) is 5.69. The van der Waals surface area contributed by atoms with Crippen molar-refractivity contribution in [3.05, 3.63) is 75.5 Å². The van der Waals surface area contributed by atoms with Crippen LogP contribution in [0.1, 0.15) is 16.9 Å². The Hall–Kier alpha value is -5.33. The number of benzene rings is 2. The molecule has 0 radical (unpaired) electrons. The second kappa shape index (κ2) is 9.37. The van der Waals surface area contributed by atoms with Crippen LogP contribution < -0.4 is 11.2 Å². The zero-order valence-electron chi connectivity index (χ0n) is 19.7. The molecule has 0 bridgehead atoms. The molecule has 0 unspecified atom stereocenters. The van der Waals surface area contributed by atoms with E-state index in [4.69, 9.17) is 10.2 Å². The molecule has 5 aromatic rings. The normalized spacial score (nSPS) is 11.4. The number of hydrazone groups is 1. The van der Waals surface area contributed by atoms with Gasteiger partial charge in [-0.25, -0.2) is 15.0 Å². The molecule has 0 fully saturated rings. The number of nitrogens with one attached hydrogen (secondary N) is 1. The van der Waals surface area contributed by atoms with Crippen LogP contribution in [0.25, 0.3) is 33.9 Å². The number of nitro benzene ring substituents is 1. The fourth-order valence-electron chi connectivity index (χ4n) is 3.98. The molecule has 0 saturated heterocycles. The minimum absolute atomic E-state index is 0.00836. The minimum Gasteiger partial charge on any atom is -0.455 e. The number of carbonyl (C=O) groups is 1. The monoisotopic (exact) mass is 500 g/mol. The van der Waals surface area contributed by atoms with Gasteiger partial charge in [-0.3, -0.25) is 14.9 Å². The highest BCUT2D eigenvalue weighted by atomic mass is 16.6. The van der Waals surface area contributed by atoms with Crippen molar-refractivity contribution >= 4 is 34.7 Å². The molecule has 13 heteroatoms. The van der Waals surface area contributed by atoms with Crippen LogP contribution >= 0.6 is 0 Å². The van der Waals surface area contributed by atoms with E-state index >= 15 is 0 Å². The Morgan fingerprint density at radius 2 is 2.00 bits per heavy atom. The molecule has 37 heavy (non-hydrogen) atoms. The quantitative estimate of drug-likeness (QED) is 0.192. The van der Waals surface area contributed by atoms with Gasteiger partial charge in [0.05, 0.1) is 22.2 Å². The summed E-state index contributed by atoms with van der Waals surface area (Å²) in [4.78, 5) is 28.1. The number of nitrogens with zero attached hydrogens (tertiary/aromatic N) is 6. The van der Waals surface area contributed by atoms with Crippen LogP contribution in [0.4, 0.5) is 11.5 Å². The van der Waals surface area contributed by atoms with E-state index in [0.717, 1.165) is 5.56 Å². The molecule has 3 heterocycles. The second-order valence-corrected chi connectivity index (χ2v) is 8.21. The molecule has 0 atom stereocenters. The van der Waals surface area contributed by atoms with Gasteiger partial charge in [-0.15, -0.1) is 0 Å². The summed E-state index contributed by atoms with van der Waals surface area (Å²) >= 11 is 0. The molecule has 0 spiro atoms. The first-order valence-electron chi connectivity index (χ1n) is 11.0. The van der Waals surface area contributed by atoms with Gasteiger partial charge < -0.3 is 14.7 Å². The maximum absolute atomic E-state index is 12.7. The third-order valence-corrected chi connectivity index (χ3v) is 5.69. The zero-order chi connectivity index (χ0) is 26.1.